The summed E-state index contributed by atoms with van der Waals surface area (Å²) in [5, 5.41) is 1.16. The van der Waals surface area contributed by atoms with Crippen LogP contribution in [0, 0.1) is 0 Å². The predicted octanol–water partition coefficient (Wildman–Crippen LogP) is 1.77. The molecule has 0 aliphatic heterocycles. The summed E-state index contributed by atoms with van der Waals surface area (Å²) in [6.07, 6.45) is 6.19. The predicted molar refractivity (Wildman–Crippen MR) is 59.3 cm³/mol. The fraction of sp³-hybridized carbons (Fsp3) is 0.727. The monoisotopic (exact) mass is 215 g/mol. The summed E-state index contributed by atoms with van der Waals surface area (Å²) in [5.74, 6) is -0.163. The van der Waals surface area contributed by atoms with Crippen molar-refractivity contribution in [3.63, 3.8) is 0 Å². The van der Waals surface area contributed by atoms with Crippen molar-refractivity contribution in [3.8, 4) is 0 Å². The molecule has 0 fully saturated rings. The molecule has 1 amide bonds. The second-order valence-corrected chi connectivity index (χ2v) is 3.26. The van der Waals surface area contributed by atoms with E-state index in [1.54, 1.807) is 7.05 Å². The third kappa shape index (κ3) is 8.15. The van der Waals surface area contributed by atoms with E-state index < -0.39 is 0 Å². The van der Waals surface area contributed by atoms with Crippen LogP contribution in [0.1, 0.15) is 25.7 Å². The van der Waals surface area contributed by atoms with Crippen molar-refractivity contribution in [2.45, 2.75) is 25.7 Å². The third-order valence-corrected chi connectivity index (χ3v) is 2.05. The molecule has 0 saturated heterocycles. The van der Waals surface area contributed by atoms with E-state index in [-0.39, 0.29) is 12.5 Å². The summed E-state index contributed by atoms with van der Waals surface area (Å²) >= 11 is 0. The molecule has 4 heteroatoms. The zero-order chi connectivity index (χ0) is 11.5. The van der Waals surface area contributed by atoms with Crippen molar-refractivity contribution in [2.75, 3.05) is 27.4 Å². The van der Waals surface area contributed by atoms with E-state index >= 15 is 0 Å². The highest BCUT2D eigenvalue weighted by atomic mass is 16.7. The molecule has 0 heterocycles. The van der Waals surface area contributed by atoms with Crippen LogP contribution in [0.3, 0.4) is 0 Å². The van der Waals surface area contributed by atoms with Crippen LogP contribution in [0.15, 0.2) is 12.7 Å². The topological polar surface area (TPSA) is 38.8 Å². The first-order chi connectivity index (χ1) is 7.22. The summed E-state index contributed by atoms with van der Waals surface area (Å²) in [4.78, 5) is 15.9. The average Bonchev–Trinajstić information content (AvgIpc) is 2.26. The Hall–Kier alpha value is -0.870. The maximum atomic E-state index is 11.2. The normalized spacial score (nSPS) is 10.0. The van der Waals surface area contributed by atoms with Crippen molar-refractivity contribution in [1.82, 2.24) is 5.06 Å². The summed E-state index contributed by atoms with van der Waals surface area (Å²) in [5.41, 5.74) is 0. The van der Waals surface area contributed by atoms with Gasteiger partial charge in [0.25, 0.3) is 5.91 Å². The average molecular weight is 215 g/mol. The number of ether oxygens (including phenoxy) is 1. The van der Waals surface area contributed by atoms with E-state index in [1.165, 1.54) is 7.11 Å². The van der Waals surface area contributed by atoms with Gasteiger partial charge in [0, 0.05) is 13.7 Å². The van der Waals surface area contributed by atoms with E-state index in [0.717, 1.165) is 30.7 Å². The Labute approximate surface area is 91.8 Å². The minimum atomic E-state index is -0.163. The second kappa shape index (κ2) is 9.68. The standard InChI is InChI=1S/C11H21NO3/c1-4-5-6-7-8-9-15-10-11(13)12(2)14-3/h4H,1,5-10H2,2-3H3. The fourth-order valence-electron chi connectivity index (χ4n) is 1.02. The van der Waals surface area contributed by atoms with Crippen LogP contribution in [-0.4, -0.2) is 38.3 Å². The van der Waals surface area contributed by atoms with Crippen molar-refractivity contribution in [2.24, 2.45) is 0 Å². The van der Waals surface area contributed by atoms with Gasteiger partial charge in [-0.1, -0.05) is 12.5 Å². The number of hydroxylamine groups is 2. The van der Waals surface area contributed by atoms with Crippen LogP contribution in [0.25, 0.3) is 0 Å². The minimum Gasteiger partial charge on any atom is -0.372 e. The molecule has 0 aromatic carbocycles. The third-order valence-electron chi connectivity index (χ3n) is 2.05. The Kier molecular flexibility index (Phi) is 9.11. The van der Waals surface area contributed by atoms with Crippen molar-refractivity contribution in [1.29, 1.82) is 0 Å². The molecule has 15 heavy (non-hydrogen) atoms. The van der Waals surface area contributed by atoms with Crippen molar-refractivity contribution >= 4 is 5.91 Å². The van der Waals surface area contributed by atoms with Gasteiger partial charge in [0.2, 0.25) is 0 Å². The molecule has 4 nitrogen and oxygen atoms in total. The lowest BCUT2D eigenvalue weighted by atomic mass is 10.2. The van der Waals surface area contributed by atoms with Gasteiger partial charge < -0.3 is 4.74 Å². The highest BCUT2D eigenvalue weighted by molar-refractivity contribution is 5.75. The molecule has 0 spiro atoms. The van der Waals surface area contributed by atoms with Gasteiger partial charge in [-0.3, -0.25) is 9.63 Å². The van der Waals surface area contributed by atoms with Gasteiger partial charge in [0.05, 0.1) is 7.11 Å². The highest BCUT2D eigenvalue weighted by Gasteiger charge is 2.06. The molecule has 0 radical (unpaired) electrons. The van der Waals surface area contributed by atoms with E-state index in [1.807, 2.05) is 6.08 Å². The SMILES string of the molecule is C=CCCCCCOCC(=O)N(C)OC. The quantitative estimate of drug-likeness (QED) is 0.334. The summed E-state index contributed by atoms with van der Waals surface area (Å²) in [6, 6.07) is 0. The molecule has 0 aliphatic carbocycles. The lowest BCUT2D eigenvalue weighted by Crippen LogP contribution is -2.29. The van der Waals surface area contributed by atoms with Crippen LogP contribution in [-0.2, 0) is 14.4 Å². The van der Waals surface area contributed by atoms with Crippen molar-refractivity contribution < 1.29 is 14.4 Å². The molecule has 0 rings (SSSR count). The van der Waals surface area contributed by atoms with Crippen LogP contribution in [0.4, 0.5) is 0 Å². The van der Waals surface area contributed by atoms with E-state index in [2.05, 4.69) is 6.58 Å². The molecule has 0 bridgehead atoms. The zero-order valence-electron chi connectivity index (χ0n) is 9.70. The zero-order valence-corrected chi connectivity index (χ0v) is 9.70. The maximum Gasteiger partial charge on any atom is 0.271 e. The first-order valence-corrected chi connectivity index (χ1v) is 5.21. The molecule has 0 aromatic rings. The summed E-state index contributed by atoms with van der Waals surface area (Å²) < 4.78 is 5.20. The lowest BCUT2D eigenvalue weighted by Gasteiger charge is -2.13. The Balaban J connectivity index is 3.23. The largest absolute Gasteiger partial charge is 0.372 e. The number of amides is 1. The molecule has 0 aliphatic rings. The Bertz CT molecular complexity index is 183. The van der Waals surface area contributed by atoms with Crippen LogP contribution >= 0.6 is 0 Å². The summed E-state index contributed by atoms with van der Waals surface area (Å²) in [6.45, 7) is 4.37. The molecular formula is C11H21NO3. The number of likely N-dealkylation sites (N-methyl/N-ethyl adjacent to an activating group) is 1. The molecule has 0 saturated carbocycles. The number of carbonyl (C=O) groups is 1. The molecule has 88 valence electrons. The van der Waals surface area contributed by atoms with Crippen LogP contribution in [0.5, 0.6) is 0 Å². The van der Waals surface area contributed by atoms with Gasteiger partial charge in [0.1, 0.15) is 6.61 Å². The number of carbonyl (C=O) groups excluding carboxylic acids is 1. The minimum absolute atomic E-state index is 0.0891. The number of hydrogen-bond acceptors (Lipinski definition) is 3. The maximum absolute atomic E-state index is 11.2. The number of rotatable bonds is 9. The summed E-state index contributed by atoms with van der Waals surface area (Å²) in [7, 11) is 3.02. The smallest absolute Gasteiger partial charge is 0.271 e. The van der Waals surface area contributed by atoms with Crippen LogP contribution < -0.4 is 0 Å². The second-order valence-electron chi connectivity index (χ2n) is 3.26. The van der Waals surface area contributed by atoms with Gasteiger partial charge in [-0.05, 0) is 19.3 Å². The van der Waals surface area contributed by atoms with Gasteiger partial charge in [0.15, 0.2) is 0 Å². The molecule has 0 aromatic heterocycles. The van der Waals surface area contributed by atoms with E-state index in [0.29, 0.717) is 6.61 Å². The number of nitrogens with zero attached hydrogens (tertiary/aromatic N) is 1. The molecule has 0 unspecified atom stereocenters. The Morgan fingerprint density at radius 1 is 1.40 bits per heavy atom. The lowest BCUT2D eigenvalue weighted by molar-refractivity contribution is -0.173. The van der Waals surface area contributed by atoms with E-state index in [9.17, 15) is 4.79 Å². The molecule has 0 N–H and O–H groups in total. The van der Waals surface area contributed by atoms with Gasteiger partial charge >= 0.3 is 0 Å². The number of allylic oxidation sites excluding steroid dienone is 1. The fourth-order valence-corrected chi connectivity index (χ4v) is 1.02. The first-order valence-electron chi connectivity index (χ1n) is 5.21. The van der Waals surface area contributed by atoms with Gasteiger partial charge in [-0.2, -0.15) is 0 Å². The van der Waals surface area contributed by atoms with Crippen LogP contribution in [0.2, 0.25) is 0 Å². The van der Waals surface area contributed by atoms with E-state index in [4.69, 9.17) is 9.57 Å². The molecule has 0 atom stereocenters. The Morgan fingerprint density at radius 3 is 2.73 bits per heavy atom. The number of hydrogen-bond donors (Lipinski definition) is 0. The molecular weight excluding hydrogens is 194 g/mol. The number of unbranched alkanes of at least 4 members (excludes halogenated alkanes) is 3. The van der Waals surface area contributed by atoms with Crippen molar-refractivity contribution in [3.05, 3.63) is 12.7 Å². The first kappa shape index (κ1) is 14.1. The van der Waals surface area contributed by atoms with Gasteiger partial charge in [-0.25, -0.2) is 5.06 Å². The highest BCUT2D eigenvalue weighted by Crippen LogP contribution is 2.00. The van der Waals surface area contributed by atoms with Gasteiger partial charge in [-0.15, -0.1) is 6.58 Å². The Morgan fingerprint density at radius 2 is 2.13 bits per heavy atom.